The van der Waals surface area contributed by atoms with Crippen LogP contribution < -0.4 is 10.6 Å². The van der Waals surface area contributed by atoms with Gasteiger partial charge in [0.1, 0.15) is 5.54 Å². The summed E-state index contributed by atoms with van der Waals surface area (Å²) in [6.45, 7) is 0.568. The van der Waals surface area contributed by atoms with Crippen LogP contribution in [0.4, 0.5) is 13.2 Å². The smallest absolute Gasteiger partial charge is 0.376 e. The average molecular weight is 504 g/mol. The number of carbonyl (C=O) groups is 2. The second-order valence-electron chi connectivity index (χ2n) is 9.84. The Morgan fingerprint density at radius 3 is 2.50 bits per heavy atom. The van der Waals surface area contributed by atoms with Crippen molar-refractivity contribution in [1.29, 1.82) is 0 Å². The van der Waals surface area contributed by atoms with Crippen molar-refractivity contribution in [3.8, 4) is 0 Å². The van der Waals surface area contributed by atoms with Gasteiger partial charge in [-0.2, -0.15) is 13.2 Å². The predicted octanol–water partition coefficient (Wildman–Crippen LogP) is 2.91. The van der Waals surface area contributed by atoms with Gasteiger partial charge in [0, 0.05) is 13.1 Å². The second-order valence-corrected chi connectivity index (χ2v) is 9.84. The highest BCUT2D eigenvalue weighted by molar-refractivity contribution is 5.90. The molecule has 0 radical (unpaired) electrons. The van der Waals surface area contributed by atoms with Crippen LogP contribution in [0.15, 0.2) is 48.5 Å². The van der Waals surface area contributed by atoms with E-state index < -0.39 is 29.5 Å². The number of amides is 2. The average Bonchev–Trinajstić information content (AvgIpc) is 3.54. The number of nitrogens with zero attached hydrogens (tertiary/aromatic N) is 1. The normalized spacial score (nSPS) is 24.5. The highest BCUT2D eigenvalue weighted by Crippen LogP contribution is 2.45. The first kappa shape index (κ1) is 24.7. The van der Waals surface area contributed by atoms with Gasteiger partial charge in [0.05, 0.1) is 24.7 Å². The lowest BCUT2D eigenvalue weighted by molar-refractivity contribution is -0.140. The van der Waals surface area contributed by atoms with E-state index >= 15 is 0 Å². The number of fused-ring (bicyclic) bond motifs is 1. The molecule has 36 heavy (non-hydrogen) atoms. The predicted molar refractivity (Wildman–Crippen MR) is 123 cm³/mol. The third-order valence-electron chi connectivity index (χ3n) is 7.26. The summed E-state index contributed by atoms with van der Waals surface area (Å²) in [6.07, 6.45) is -3.94. The maximum absolute atomic E-state index is 13.7. The van der Waals surface area contributed by atoms with E-state index in [0.717, 1.165) is 30.5 Å². The van der Waals surface area contributed by atoms with E-state index in [9.17, 15) is 27.9 Å². The van der Waals surface area contributed by atoms with Gasteiger partial charge in [-0.3, -0.25) is 14.9 Å². The molecule has 2 amide bonds. The molecule has 3 unspecified atom stereocenters. The van der Waals surface area contributed by atoms with Crippen molar-refractivity contribution in [3.05, 3.63) is 70.8 Å². The fourth-order valence-electron chi connectivity index (χ4n) is 5.28. The monoisotopic (exact) mass is 503 g/mol. The molecule has 3 aliphatic rings. The van der Waals surface area contributed by atoms with Crippen molar-refractivity contribution < 1.29 is 32.6 Å². The van der Waals surface area contributed by atoms with Crippen LogP contribution in [0.2, 0.25) is 0 Å². The lowest BCUT2D eigenvalue weighted by atomic mass is 9.82. The zero-order chi connectivity index (χ0) is 25.5. The van der Waals surface area contributed by atoms with Crippen LogP contribution in [0.5, 0.6) is 0 Å². The Morgan fingerprint density at radius 2 is 1.86 bits per heavy atom. The summed E-state index contributed by atoms with van der Waals surface area (Å²) >= 11 is 0. The molecule has 192 valence electrons. The molecule has 2 heterocycles. The molecule has 3 atom stereocenters. The Bertz CT molecular complexity index is 1140. The third kappa shape index (κ3) is 4.98. The zero-order valence-corrected chi connectivity index (χ0v) is 19.6. The maximum atomic E-state index is 13.7. The molecule has 1 saturated carbocycles. The van der Waals surface area contributed by atoms with Gasteiger partial charge in [0.15, 0.2) is 6.35 Å². The Kier molecular flexibility index (Phi) is 6.52. The molecule has 7 nitrogen and oxygen atoms in total. The summed E-state index contributed by atoms with van der Waals surface area (Å²) in [5.41, 5.74) is 0.231. The molecule has 1 aliphatic carbocycles. The van der Waals surface area contributed by atoms with E-state index in [1.54, 1.807) is 0 Å². The number of halogens is 3. The highest BCUT2D eigenvalue weighted by Gasteiger charge is 2.57. The molecule has 0 aromatic heterocycles. The number of rotatable bonds is 8. The summed E-state index contributed by atoms with van der Waals surface area (Å²) in [6, 6.07) is 13.0. The highest BCUT2D eigenvalue weighted by atomic mass is 19.4. The minimum absolute atomic E-state index is 0.0100. The number of aliphatic hydroxyl groups is 1. The standard InChI is InChI=1S/C26H28F3N3O4/c27-26(28,29)21-7-6-17-12-32(13-18(17)10-21)22(33)19(15-36-14-16-4-2-1-3-5-16)11-25(20-8-9-20)23(34)30-24(35)31-25/h1-7,10,19-20,24,31,35H,8-9,11-15H2,(H,30,34). The van der Waals surface area contributed by atoms with Crippen molar-refractivity contribution in [3.63, 3.8) is 0 Å². The largest absolute Gasteiger partial charge is 0.416 e. The number of hydrogen-bond donors (Lipinski definition) is 3. The first-order chi connectivity index (χ1) is 17.2. The van der Waals surface area contributed by atoms with Gasteiger partial charge in [-0.05, 0) is 54.0 Å². The summed E-state index contributed by atoms with van der Waals surface area (Å²) < 4.78 is 45.4. The Morgan fingerprint density at radius 1 is 1.14 bits per heavy atom. The van der Waals surface area contributed by atoms with Gasteiger partial charge < -0.3 is 20.1 Å². The van der Waals surface area contributed by atoms with Crippen molar-refractivity contribution in [2.24, 2.45) is 11.8 Å². The molecule has 2 aliphatic heterocycles. The number of hydrogen-bond acceptors (Lipinski definition) is 5. The van der Waals surface area contributed by atoms with Crippen molar-refractivity contribution in [2.75, 3.05) is 6.61 Å². The van der Waals surface area contributed by atoms with E-state index in [1.165, 1.54) is 11.0 Å². The molecule has 3 N–H and O–H groups in total. The van der Waals surface area contributed by atoms with Crippen LogP contribution in [0.1, 0.15) is 41.5 Å². The van der Waals surface area contributed by atoms with Crippen LogP contribution in [-0.4, -0.2) is 40.3 Å². The van der Waals surface area contributed by atoms with Crippen LogP contribution in [-0.2, 0) is 40.2 Å². The van der Waals surface area contributed by atoms with Crippen molar-refractivity contribution in [1.82, 2.24) is 15.5 Å². The maximum Gasteiger partial charge on any atom is 0.416 e. The molecule has 0 spiro atoms. The number of carbonyl (C=O) groups excluding carboxylic acids is 2. The Hall–Kier alpha value is -2.95. The first-order valence-electron chi connectivity index (χ1n) is 12.0. The van der Waals surface area contributed by atoms with Crippen molar-refractivity contribution in [2.45, 2.75) is 57.0 Å². The number of benzene rings is 2. The van der Waals surface area contributed by atoms with Gasteiger partial charge in [-0.15, -0.1) is 0 Å². The fourth-order valence-corrected chi connectivity index (χ4v) is 5.28. The molecular formula is C26H28F3N3O4. The molecule has 2 aromatic carbocycles. The van der Waals surface area contributed by atoms with Gasteiger partial charge in [0.25, 0.3) is 0 Å². The topological polar surface area (TPSA) is 90.9 Å². The third-order valence-corrected chi connectivity index (χ3v) is 7.26. The summed E-state index contributed by atoms with van der Waals surface area (Å²) in [5, 5.41) is 15.5. The molecule has 5 rings (SSSR count). The Balaban J connectivity index is 1.34. The molecule has 10 heteroatoms. The summed E-state index contributed by atoms with van der Waals surface area (Å²) in [7, 11) is 0. The molecule has 1 saturated heterocycles. The van der Waals surface area contributed by atoms with E-state index in [4.69, 9.17) is 4.74 Å². The molecule has 2 aromatic rings. The number of alkyl halides is 3. The quantitative estimate of drug-likeness (QED) is 0.516. The molecular weight excluding hydrogens is 475 g/mol. The van der Waals surface area contributed by atoms with Crippen LogP contribution in [0.25, 0.3) is 0 Å². The lowest BCUT2D eigenvalue weighted by Gasteiger charge is -2.32. The van der Waals surface area contributed by atoms with Gasteiger partial charge in [0.2, 0.25) is 11.8 Å². The van der Waals surface area contributed by atoms with E-state index in [0.29, 0.717) is 11.1 Å². The van der Waals surface area contributed by atoms with E-state index in [1.807, 2.05) is 30.3 Å². The van der Waals surface area contributed by atoms with Crippen molar-refractivity contribution >= 4 is 11.8 Å². The van der Waals surface area contributed by atoms with E-state index in [2.05, 4.69) is 10.6 Å². The fraction of sp³-hybridized carbons (Fsp3) is 0.462. The summed E-state index contributed by atoms with van der Waals surface area (Å²) in [4.78, 5) is 28.1. The minimum Gasteiger partial charge on any atom is -0.376 e. The van der Waals surface area contributed by atoms with Gasteiger partial charge >= 0.3 is 6.18 Å². The van der Waals surface area contributed by atoms with E-state index in [-0.39, 0.29) is 50.5 Å². The van der Waals surface area contributed by atoms with Crippen LogP contribution >= 0.6 is 0 Å². The van der Waals surface area contributed by atoms with Crippen LogP contribution in [0, 0.1) is 11.8 Å². The number of nitrogens with one attached hydrogen (secondary N) is 2. The zero-order valence-electron chi connectivity index (χ0n) is 19.6. The Labute approximate surface area is 206 Å². The lowest BCUT2D eigenvalue weighted by Crippen LogP contribution is -2.53. The second kappa shape index (κ2) is 9.49. The number of aliphatic hydroxyl groups excluding tert-OH is 1. The molecule has 0 bridgehead atoms. The van der Waals surface area contributed by atoms with Crippen LogP contribution in [0.3, 0.4) is 0 Å². The summed E-state index contributed by atoms with van der Waals surface area (Å²) in [5.74, 6) is -1.37. The first-order valence-corrected chi connectivity index (χ1v) is 12.0. The van der Waals surface area contributed by atoms with Gasteiger partial charge in [-0.25, -0.2) is 0 Å². The van der Waals surface area contributed by atoms with Gasteiger partial charge in [-0.1, -0.05) is 36.4 Å². The number of ether oxygens (including phenoxy) is 1. The minimum atomic E-state index is -4.46. The molecule has 2 fully saturated rings. The SMILES string of the molecule is O=C(C(COCc1ccccc1)CC1(C2CC2)NC(O)NC1=O)N1Cc2ccc(C(F)(F)F)cc2C1.